The maximum Gasteiger partial charge on any atom is 0.257 e. The number of nitrogens with zero attached hydrogens (tertiary/aromatic N) is 2. The molecule has 1 aliphatic heterocycles. The van der Waals surface area contributed by atoms with Crippen LogP contribution in [0.1, 0.15) is 48.8 Å². The standard InChI is InChI=1S/C22H24ClN3O2/c1-14(2)28-20-10-9-16(23)12-17(20)22(27)26-11-5-6-15(13-26)21-24-18-7-3-4-8-19(18)25-21/h3-4,7-10,12,14-15H,5-6,11,13H2,1-2H3,(H,24,25). The summed E-state index contributed by atoms with van der Waals surface area (Å²) in [5.41, 5.74) is 2.51. The molecule has 1 fully saturated rings. The van der Waals surface area contributed by atoms with Crippen molar-refractivity contribution in [3.8, 4) is 5.75 Å². The number of para-hydroxylation sites is 2. The summed E-state index contributed by atoms with van der Waals surface area (Å²) in [7, 11) is 0. The molecular weight excluding hydrogens is 374 g/mol. The molecule has 6 heteroatoms. The van der Waals surface area contributed by atoms with Gasteiger partial charge in [0, 0.05) is 24.0 Å². The Kier molecular flexibility index (Phi) is 5.27. The summed E-state index contributed by atoms with van der Waals surface area (Å²) in [6.45, 7) is 5.25. The third kappa shape index (κ3) is 3.85. The lowest BCUT2D eigenvalue weighted by Crippen LogP contribution is -2.39. The number of likely N-dealkylation sites (tertiary alicyclic amines) is 1. The molecule has 28 heavy (non-hydrogen) atoms. The van der Waals surface area contributed by atoms with Crippen molar-refractivity contribution >= 4 is 28.5 Å². The fourth-order valence-electron chi connectivity index (χ4n) is 3.75. The van der Waals surface area contributed by atoms with Gasteiger partial charge in [0.2, 0.25) is 0 Å². The van der Waals surface area contributed by atoms with Crippen molar-refractivity contribution < 1.29 is 9.53 Å². The summed E-state index contributed by atoms with van der Waals surface area (Å²) in [6.07, 6.45) is 1.93. The van der Waals surface area contributed by atoms with Crippen molar-refractivity contribution in [3.05, 3.63) is 58.9 Å². The lowest BCUT2D eigenvalue weighted by molar-refractivity contribution is 0.0699. The molecule has 0 saturated carbocycles. The van der Waals surface area contributed by atoms with Gasteiger partial charge in [0.15, 0.2) is 0 Å². The average molecular weight is 398 g/mol. The van der Waals surface area contributed by atoms with Crippen molar-refractivity contribution in [1.29, 1.82) is 0 Å². The predicted molar refractivity (Wildman–Crippen MR) is 111 cm³/mol. The number of piperidine rings is 1. The lowest BCUT2D eigenvalue weighted by atomic mass is 9.96. The van der Waals surface area contributed by atoms with Gasteiger partial charge in [-0.25, -0.2) is 4.98 Å². The Morgan fingerprint density at radius 3 is 2.89 bits per heavy atom. The first-order chi connectivity index (χ1) is 13.5. The van der Waals surface area contributed by atoms with Gasteiger partial charge in [-0.05, 0) is 57.0 Å². The van der Waals surface area contributed by atoms with E-state index >= 15 is 0 Å². The Bertz CT molecular complexity index is 965. The van der Waals surface area contributed by atoms with Gasteiger partial charge in [-0.1, -0.05) is 23.7 Å². The molecule has 0 spiro atoms. The SMILES string of the molecule is CC(C)Oc1ccc(Cl)cc1C(=O)N1CCCC(c2nc3ccccc3[nH]2)C1. The number of fused-ring (bicyclic) bond motifs is 1. The van der Waals surface area contributed by atoms with Crippen LogP contribution in [0.4, 0.5) is 0 Å². The molecule has 0 radical (unpaired) electrons. The first-order valence-corrected chi connectivity index (χ1v) is 10.1. The fraction of sp³-hybridized carbons (Fsp3) is 0.364. The zero-order valence-corrected chi connectivity index (χ0v) is 16.9. The van der Waals surface area contributed by atoms with Gasteiger partial charge in [0.05, 0.1) is 22.7 Å². The number of ether oxygens (including phenoxy) is 1. The summed E-state index contributed by atoms with van der Waals surface area (Å²) >= 11 is 6.16. The van der Waals surface area contributed by atoms with E-state index in [2.05, 4.69) is 4.98 Å². The van der Waals surface area contributed by atoms with Crippen LogP contribution in [0.15, 0.2) is 42.5 Å². The summed E-state index contributed by atoms with van der Waals surface area (Å²) in [5.74, 6) is 1.68. The van der Waals surface area contributed by atoms with Gasteiger partial charge in [-0.15, -0.1) is 0 Å². The number of hydrogen-bond donors (Lipinski definition) is 1. The molecular formula is C22H24ClN3O2. The van der Waals surface area contributed by atoms with Crippen LogP contribution < -0.4 is 4.74 Å². The lowest BCUT2D eigenvalue weighted by Gasteiger charge is -2.32. The minimum atomic E-state index is -0.0426. The van der Waals surface area contributed by atoms with Crippen LogP contribution in [0.25, 0.3) is 11.0 Å². The number of aromatic amines is 1. The molecule has 146 valence electrons. The van der Waals surface area contributed by atoms with E-state index in [4.69, 9.17) is 21.3 Å². The second-order valence-corrected chi connectivity index (χ2v) is 7.97. The highest BCUT2D eigenvalue weighted by atomic mass is 35.5. The maximum atomic E-state index is 13.3. The smallest absolute Gasteiger partial charge is 0.257 e. The van der Waals surface area contributed by atoms with Crippen LogP contribution >= 0.6 is 11.6 Å². The first kappa shape index (κ1) is 18.8. The molecule has 1 aliphatic rings. The third-order valence-corrected chi connectivity index (χ3v) is 5.27. The molecule has 3 aromatic rings. The second-order valence-electron chi connectivity index (χ2n) is 7.54. The highest BCUT2D eigenvalue weighted by molar-refractivity contribution is 6.31. The van der Waals surface area contributed by atoms with Gasteiger partial charge >= 0.3 is 0 Å². The monoisotopic (exact) mass is 397 g/mol. The van der Waals surface area contributed by atoms with Crippen LogP contribution in [0.3, 0.4) is 0 Å². The number of amides is 1. The van der Waals surface area contributed by atoms with Gasteiger partial charge < -0.3 is 14.6 Å². The number of carbonyl (C=O) groups is 1. The minimum absolute atomic E-state index is 0.0163. The molecule has 1 aromatic heterocycles. The number of aromatic nitrogens is 2. The van der Waals surface area contributed by atoms with Crippen LogP contribution in [0.5, 0.6) is 5.75 Å². The van der Waals surface area contributed by atoms with E-state index in [0.29, 0.717) is 22.9 Å². The predicted octanol–water partition coefficient (Wildman–Crippen LogP) is 5.02. The van der Waals surface area contributed by atoms with Crippen LogP contribution in [-0.4, -0.2) is 40.0 Å². The van der Waals surface area contributed by atoms with Crippen molar-refractivity contribution in [1.82, 2.24) is 14.9 Å². The number of carbonyl (C=O) groups excluding carboxylic acids is 1. The zero-order chi connectivity index (χ0) is 19.7. The highest BCUT2D eigenvalue weighted by Crippen LogP contribution is 2.30. The van der Waals surface area contributed by atoms with E-state index in [1.54, 1.807) is 18.2 Å². The quantitative estimate of drug-likeness (QED) is 0.672. The maximum absolute atomic E-state index is 13.3. The molecule has 5 nitrogen and oxygen atoms in total. The Hall–Kier alpha value is -2.53. The first-order valence-electron chi connectivity index (χ1n) is 9.71. The molecule has 2 aromatic carbocycles. The molecule has 1 N–H and O–H groups in total. The van der Waals surface area contributed by atoms with Gasteiger partial charge in [-0.2, -0.15) is 0 Å². The van der Waals surface area contributed by atoms with Gasteiger partial charge in [0.1, 0.15) is 11.6 Å². The van der Waals surface area contributed by atoms with Crippen LogP contribution in [-0.2, 0) is 0 Å². The molecule has 1 unspecified atom stereocenters. The number of imidazole rings is 1. The van der Waals surface area contributed by atoms with Crippen molar-refractivity contribution in [3.63, 3.8) is 0 Å². The second kappa shape index (κ2) is 7.84. The van der Waals surface area contributed by atoms with Crippen molar-refractivity contribution in [2.24, 2.45) is 0 Å². The number of halogens is 1. The van der Waals surface area contributed by atoms with E-state index in [1.165, 1.54) is 0 Å². The van der Waals surface area contributed by atoms with E-state index in [0.717, 1.165) is 36.2 Å². The van der Waals surface area contributed by atoms with E-state index in [9.17, 15) is 4.79 Å². The number of nitrogens with one attached hydrogen (secondary N) is 1. The normalized spacial score (nSPS) is 17.3. The number of hydrogen-bond acceptors (Lipinski definition) is 3. The van der Waals surface area contributed by atoms with E-state index < -0.39 is 0 Å². The molecule has 1 saturated heterocycles. The molecule has 0 bridgehead atoms. The van der Waals surface area contributed by atoms with Crippen molar-refractivity contribution in [2.75, 3.05) is 13.1 Å². The summed E-state index contributed by atoms with van der Waals surface area (Å²) in [5, 5.41) is 0.533. The topological polar surface area (TPSA) is 58.2 Å². The van der Waals surface area contributed by atoms with Crippen LogP contribution in [0, 0.1) is 0 Å². The fourth-order valence-corrected chi connectivity index (χ4v) is 3.92. The average Bonchev–Trinajstić information content (AvgIpc) is 3.13. The molecule has 0 aliphatic carbocycles. The zero-order valence-electron chi connectivity index (χ0n) is 16.1. The summed E-state index contributed by atoms with van der Waals surface area (Å²) in [6, 6.07) is 13.2. The largest absolute Gasteiger partial charge is 0.490 e. The Balaban J connectivity index is 1.57. The summed E-state index contributed by atoms with van der Waals surface area (Å²) in [4.78, 5) is 23.3. The Labute approximate surface area is 169 Å². The number of benzene rings is 2. The van der Waals surface area contributed by atoms with E-state index in [-0.39, 0.29) is 17.9 Å². The number of rotatable bonds is 4. The Morgan fingerprint density at radius 2 is 2.11 bits per heavy atom. The van der Waals surface area contributed by atoms with E-state index in [1.807, 2.05) is 43.0 Å². The van der Waals surface area contributed by atoms with Gasteiger partial charge in [0.25, 0.3) is 5.91 Å². The molecule has 1 atom stereocenters. The molecule has 2 heterocycles. The molecule has 4 rings (SSSR count). The third-order valence-electron chi connectivity index (χ3n) is 5.04. The number of H-pyrrole nitrogens is 1. The summed E-state index contributed by atoms with van der Waals surface area (Å²) < 4.78 is 5.84. The van der Waals surface area contributed by atoms with Crippen molar-refractivity contribution in [2.45, 2.75) is 38.7 Å². The Morgan fingerprint density at radius 1 is 1.29 bits per heavy atom. The van der Waals surface area contributed by atoms with Gasteiger partial charge in [-0.3, -0.25) is 4.79 Å². The van der Waals surface area contributed by atoms with Crippen LogP contribution in [0.2, 0.25) is 5.02 Å². The molecule has 1 amide bonds. The minimum Gasteiger partial charge on any atom is -0.490 e. The highest BCUT2D eigenvalue weighted by Gasteiger charge is 2.29.